The third-order valence-electron chi connectivity index (χ3n) is 2.45. The fourth-order valence-corrected chi connectivity index (χ4v) is 1.98. The number of nitrogens with zero attached hydrogens (tertiary/aromatic N) is 3. The Labute approximate surface area is 120 Å². The van der Waals surface area contributed by atoms with E-state index in [1.165, 1.54) is 12.4 Å². The van der Waals surface area contributed by atoms with Crippen LogP contribution >= 0.6 is 22.6 Å². The van der Waals surface area contributed by atoms with Crippen LogP contribution in [-0.4, -0.2) is 20.1 Å². The van der Waals surface area contributed by atoms with Crippen molar-refractivity contribution in [2.75, 3.05) is 5.32 Å². The number of nitrogens with one attached hydrogen (secondary N) is 2. The van der Waals surface area contributed by atoms with Crippen molar-refractivity contribution in [1.82, 2.24) is 15.2 Å². The lowest BCUT2D eigenvalue weighted by molar-refractivity contribution is -0.384. The molecule has 0 saturated carbocycles. The number of nitro benzene ring substituents is 1. The van der Waals surface area contributed by atoms with Crippen LogP contribution in [0.4, 0.5) is 15.8 Å². The zero-order chi connectivity index (χ0) is 14.0. The van der Waals surface area contributed by atoms with Crippen molar-refractivity contribution >= 4 is 34.0 Å². The summed E-state index contributed by atoms with van der Waals surface area (Å²) in [6, 6.07) is 1.93. The van der Waals surface area contributed by atoms with Gasteiger partial charge in [0, 0.05) is 12.1 Å². The highest BCUT2D eigenvalue weighted by molar-refractivity contribution is 14.1. The third-order valence-corrected chi connectivity index (χ3v) is 3.28. The van der Waals surface area contributed by atoms with Crippen molar-refractivity contribution in [3.8, 4) is 0 Å². The summed E-state index contributed by atoms with van der Waals surface area (Å²) in [6.45, 7) is 1.74. The van der Waals surface area contributed by atoms with Crippen LogP contribution in [0.2, 0.25) is 0 Å². The van der Waals surface area contributed by atoms with Gasteiger partial charge >= 0.3 is 0 Å². The van der Waals surface area contributed by atoms with Gasteiger partial charge in [0.2, 0.25) is 0 Å². The zero-order valence-electron chi connectivity index (χ0n) is 9.72. The van der Waals surface area contributed by atoms with E-state index in [9.17, 15) is 14.5 Å². The molecule has 0 fully saturated rings. The monoisotopic (exact) mass is 377 g/mol. The minimum Gasteiger partial charge on any atom is -0.370 e. The number of aromatic amines is 1. The molecule has 100 valence electrons. The first-order valence-corrected chi connectivity index (χ1v) is 6.32. The smallest absolute Gasteiger partial charge is 0.293 e. The van der Waals surface area contributed by atoms with Gasteiger partial charge in [-0.05, 0) is 29.5 Å². The van der Waals surface area contributed by atoms with Gasteiger partial charge in [-0.3, -0.25) is 15.2 Å². The highest BCUT2D eigenvalue weighted by Crippen LogP contribution is 2.30. The maximum absolute atomic E-state index is 13.5. The summed E-state index contributed by atoms with van der Waals surface area (Å²) in [4.78, 5) is 14.3. The predicted molar refractivity (Wildman–Crippen MR) is 74.2 cm³/mol. The molecule has 0 amide bonds. The molecule has 7 nitrogen and oxygen atoms in total. The van der Waals surface area contributed by atoms with Crippen LogP contribution in [0.25, 0.3) is 0 Å². The number of nitro groups is 1. The number of hydrogen-bond acceptors (Lipinski definition) is 5. The first-order valence-electron chi connectivity index (χ1n) is 5.24. The summed E-state index contributed by atoms with van der Waals surface area (Å²) in [6.07, 6.45) is 1.33. The van der Waals surface area contributed by atoms with Crippen LogP contribution in [0.5, 0.6) is 0 Å². The summed E-state index contributed by atoms with van der Waals surface area (Å²) in [5.41, 5.74) is -0.0796. The first kappa shape index (κ1) is 13.6. The average molecular weight is 377 g/mol. The molecule has 1 heterocycles. The molecular formula is C10H9FIN5O2. The van der Waals surface area contributed by atoms with Gasteiger partial charge in [-0.15, -0.1) is 0 Å². The second kappa shape index (κ2) is 5.47. The summed E-state index contributed by atoms with van der Waals surface area (Å²) < 4.78 is 13.7. The lowest BCUT2D eigenvalue weighted by Crippen LogP contribution is -2.10. The van der Waals surface area contributed by atoms with Gasteiger partial charge in [-0.1, -0.05) is 0 Å². The van der Waals surface area contributed by atoms with E-state index in [1.807, 2.05) is 0 Å². The van der Waals surface area contributed by atoms with E-state index in [-0.39, 0.29) is 21.0 Å². The Bertz CT molecular complexity index is 604. The third kappa shape index (κ3) is 2.97. The number of benzene rings is 1. The molecule has 0 aliphatic carbocycles. The lowest BCUT2D eigenvalue weighted by Gasteiger charge is -2.13. The Morgan fingerprint density at radius 1 is 1.58 bits per heavy atom. The predicted octanol–water partition coefficient (Wildman–Crippen LogP) is 2.63. The Hall–Kier alpha value is -1.78. The average Bonchev–Trinajstić information content (AvgIpc) is 2.86. The van der Waals surface area contributed by atoms with Crippen molar-refractivity contribution in [2.24, 2.45) is 0 Å². The maximum Gasteiger partial charge on any atom is 0.293 e. The number of hydrogen-bond donors (Lipinski definition) is 2. The van der Waals surface area contributed by atoms with Gasteiger partial charge in [-0.25, -0.2) is 9.37 Å². The molecule has 2 rings (SSSR count). The van der Waals surface area contributed by atoms with Crippen LogP contribution in [-0.2, 0) is 0 Å². The van der Waals surface area contributed by atoms with Gasteiger partial charge in [0.15, 0.2) is 0 Å². The van der Waals surface area contributed by atoms with Crippen LogP contribution in [0, 0.1) is 19.5 Å². The zero-order valence-corrected chi connectivity index (χ0v) is 11.9. The first-order chi connectivity index (χ1) is 8.99. The van der Waals surface area contributed by atoms with E-state index in [0.29, 0.717) is 5.82 Å². The molecule has 0 spiro atoms. The number of rotatable bonds is 4. The Morgan fingerprint density at radius 3 is 2.89 bits per heavy atom. The summed E-state index contributed by atoms with van der Waals surface area (Å²) in [5, 5.41) is 20.1. The number of anilines is 1. The van der Waals surface area contributed by atoms with Gasteiger partial charge in [0.25, 0.3) is 5.69 Å². The van der Waals surface area contributed by atoms with Gasteiger partial charge < -0.3 is 5.32 Å². The van der Waals surface area contributed by atoms with Crippen LogP contribution in [0.1, 0.15) is 18.8 Å². The van der Waals surface area contributed by atoms with Crippen molar-refractivity contribution in [3.05, 3.63) is 43.8 Å². The molecule has 0 radical (unpaired) electrons. The minimum absolute atomic E-state index is 0.104. The number of halogens is 2. The van der Waals surface area contributed by atoms with E-state index < -0.39 is 10.7 Å². The second-order valence-electron chi connectivity index (χ2n) is 3.78. The Kier molecular flexibility index (Phi) is 3.93. The summed E-state index contributed by atoms with van der Waals surface area (Å²) in [7, 11) is 0. The van der Waals surface area contributed by atoms with Crippen LogP contribution in [0.3, 0.4) is 0 Å². The van der Waals surface area contributed by atoms with Gasteiger partial charge in [-0.2, -0.15) is 5.10 Å². The molecule has 2 aromatic rings. The maximum atomic E-state index is 13.5. The number of H-pyrrole nitrogens is 1. The fourth-order valence-electron chi connectivity index (χ4n) is 1.53. The summed E-state index contributed by atoms with van der Waals surface area (Å²) >= 11 is 1.71. The van der Waals surface area contributed by atoms with E-state index in [4.69, 9.17) is 0 Å². The molecule has 0 bridgehead atoms. The van der Waals surface area contributed by atoms with E-state index in [1.54, 1.807) is 29.5 Å². The number of aromatic nitrogens is 3. The second-order valence-corrected chi connectivity index (χ2v) is 4.94. The van der Waals surface area contributed by atoms with Gasteiger partial charge in [0.1, 0.15) is 23.7 Å². The highest BCUT2D eigenvalue weighted by Gasteiger charge is 2.20. The van der Waals surface area contributed by atoms with Crippen molar-refractivity contribution in [2.45, 2.75) is 13.0 Å². The van der Waals surface area contributed by atoms with Crippen molar-refractivity contribution in [3.63, 3.8) is 0 Å². The van der Waals surface area contributed by atoms with E-state index in [0.717, 1.165) is 6.07 Å². The Morgan fingerprint density at radius 2 is 2.32 bits per heavy atom. The van der Waals surface area contributed by atoms with Gasteiger partial charge in [0.05, 0.1) is 14.5 Å². The molecule has 0 aliphatic rings. The summed E-state index contributed by atoms with van der Waals surface area (Å²) in [5.74, 6) is -0.00766. The lowest BCUT2D eigenvalue weighted by atomic mass is 10.2. The molecule has 1 aromatic carbocycles. The van der Waals surface area contributed by atoms with Crippen molar-refractivity contribution < 1.29 is 9.31 Å². The SMILES string of the molecule is CC(Nc1cc(F)c(I)cc1[N+](=O)[O-])c1ncn[nH]1. The van der Waals surface area contributed by atoms with Crippen LogP contribution < -0.4 is 5.32 Å². The standard InChI is InChI=1S/C10H9FIN5O2/c1-5(10-13-4-14-16-10)15-8-2-6(11)7(12)3-9(8)17(18)19/h2-5,15H,1H3,(H,13,14,16). The molecular weight excluding hydrogens is 368 g/mol. The molecule has 1 unspecified atom stereocenters. The molecule has 0 aliphatic heterocycles. The topological polar surface area (TPSA) is 96.7 Å². The fraction of sp³-hybridized carbons (Fsp3) is 0.200. The quantitative estimate of drug-likeness (QED) is 0.485. The van der Waals surface area contributed by atoms with E-state index >= 15 is 0 Å². The minimum atomic E-state index is -0.558. The molecule has 19 heavy (non-hydrogen) atoms. The Balaban J connectivity index is 2.33. The van der Waals surface area contributed by atoms with E-state index in [2.05, 4.69) is 20.5 Å². The van der Waals surface area contributed by atoms with Crippen LogP contribution in [0.15, 0.2) is 18.5 Å². The molecule has 1 atom stereocenters. The molecule has 1 aromatic heterocycles. The highest BCUT2D eigenvalue weighted by atomic mass is 127. The molecule has 0 saturated heterocycles. The molecule has 2 N–H and O–H groups in total. The largest absolute Gasteiger partial charge is 0.370 e. The molecule has 9 heteroatoms. The van der Waals surface area contributed by atoms with Crippen molar-refractivity contribution in [1.29, 1.82) is 0 Å². The normalized spacial score (nSPS) is 12.2.